The van der Waals surface area contributed by atoms with E-state index >= 15 is 0 Å². The normalized spacial score (nSPS) is 11.2. The number of nitrogens with zero attached hydrogens (tertiary/aromatic N) is 1. The number of carboxylic acids is 1. The van der Waals surface area contributed by atoms with Crippen molar-refractivity contribution in [3.63, 3.8) is 0 Å². The summed E-state index contributed by atoms with van der Waals surface area (Å²) in [7, 11) is 0. The molecule has 6 heteroatoms. The molecule has 4 aromatic rings. The van der Waals surface area contributed by atoms with E-state index in [1.54, 1.807) is 34.9 Å². The fourth-order valence-corrected chi connectivity index (χ4v) is 4.13. The lowest BCUT2D eigenvalue weighted by Crippen LogP contribution is -2.11. The highest BCUT2D eigenvalue weighted by Crippen LogP contribution is 2.31. The van der Waals surface area contributed by atoms with E-state index in [1.165, 1.54) is 23.5 Å². The fourth-order valence-electron chi connectivity index (χ4n) is 3.19. The lowest BCUT2D eigenvalue weighted by molar-refractivity contribution is 0.0683. The number of fused-ring (bicyclic) bond motifs is 2. The van der Waals surface area contributed by atoms with Gasteiger partial charge in [-0.1, -0.05) is 18.2 Å². The highest BCUT2D eigenvalue weighted by molar-refractivity contribution is 7.17. The quantitative estimate of drug-likeness (QED) is 0.547. The molecule has 0 fully saturated rings. The minimum atomic E-state index is -1.16. The minimum absolute atomic E-state index is 0.0491. The van der Waals surface area contributed by atoms with Gasteiger partial charge in [0.25, 0.3) is 0 Å². The van der Waals surface area contributed by atoms with Gasteiger partial charge in [-0.15, -0.1) is 11.3 Å². The first kappa shape index (κ1) is 15.5. The number of hydrogen-bond acceptors (Lipinski definition) is 3. The smallest absolute Gasteiger partial charge is 0.353 e. The highest BCUT2D eigenvalue weighted by atomic mass is 32.1. The van der Waals surface area contributed by atoms with Crippen molar-refractivity contribution in [3.05, 3.63) is 70.5 Å². The predicted octanol–water partition coefficient (Wildman–Crippen LogP) is 4.55. The van der Waals surface area contributed by atoms with Crippen LogP contribution in [0.1, 0.15) is 26.4 Å². The molecule has 2 aromatic heterocycles. The van der Waals surface area contributed by atoms with E-state index in [0.29, 0.717) is 17.2 Å². The maximum absolute atomic E-state index is 13.6. The average Bonchev–Trinajstić information content (AvgIpc) is 3.14. The third kappa shape index (κ3) is 2.42. The van der Waals surface area contributed by atoms with Crippen LogP contribution in [-0.4, -0.2) is 21.9 Å². The van der Waals surface area contributed by atoms with E-state index in [4.69, 9.17) is 0 Å². The van der Waals surface area contributed by atoms with Gasteiger partial charge in [0.05, 0.1) is 5.56 Å². The van der Waals surface area contributed by atoms with Crippen LogP contribution in [0.15, 0.2) is 47.8 Å². The van der Waals surface area contributed by atoms with Crippen molar-refractivity contribution in [2.24, 2.45) is 0 Å². The van der Waals surface area contributed by atoms with Gasteiger partial charge in [0.1, 0.15) is 11.5 Å². The van der Waals surface area contributed by atoms with Gasteiger partial charge in [0, 0.05) is 27.5 Å². The molecule has 4 nitrogen and oxygen atoms in total. The van der Waals surface area contributed by atoms with Crippen molar-refractivity contribution in [1.29, 1.82) is 0 Å². The summed E-state index contributed by atoms with van der Waals surface area (Å²) in [6.07, 6.45) is 0.577. The number of para-hydroxylation sites is 1. The maximum Gasteiger partial charge on any atom is 0.353 e. The molecule has 0 saturated heterocycles. The Labute approximate surface area is 145 Å². The van der Waals surface area contributed by atoms with E-state index in [2.05, 4.69) is 0 Å². The fraction of sp³-hybridized carbons (Fsp3) is 0.0526. The number of halogens is 1. The first-order valence-electron chi connectivity index (χ1n) is 7.55. The number of aromatic carboxylic acids is 1. The van der Waals surface area contributed by atoms with Crippen molar-refractivity contribution in [2.45, 2.75) is 6.54 Å². The van der Waals surface area contributed by atoms with Gasteiger partial charge in [0.2, 0.25) is 0 Å². The zero-order valence-corrected chi connectivity index (χ0v) is 13.7. The second kappa shape index (κ2) is 5.82. The minimum Gasteiger partial charge on any atom is -0.477 e. The Bertz CT molecular complexity index is 1140. The lowest BCUT2D eigenvalue weighted by atomic mass is 10.1. The molecule has 0 aliphatic rings. The van der Waals surface area contributed by atoms with Crippen LogP contribution in [0.5, 0.6) is 0 Å². The van der Waals surface area contributed by atoms with Gasteiger partial charge in [-0.2, -0.15) is 0 Å². The first-order chi connectivity index (χ1) is 12.1. The van der Waals surface area contributed by atoms with Gasteiger partial charge in [-0.05, 0) is 35.2 Å². The summed E-state index contributed by atoms with van der Waals surface area (Å²) in [6, 6.07) is 11.6. The summed E-state index contributed by atoms with van der Waals surface area (Å²) < 4.78 is 16.1. The Morgan fingerprint density at radius 2 is 2.00 bits per heavy atom. The Hall–Kier alpha value is -2.99. The van der Waals surface area contributed by atoms with Gasteiger partial charge >= 0.3 is 5.97 Å². The predicted molar refractivity (Wildman–Crippen MR) is 95.2 cm³/mol. The summed E-state index contributed by atoms with van der Waals surface area (Å²) in [5.74, 6) is -1.50. The van der Waals surface area contributed by atoms with Gasteiger partial charge in [-0.25, -0.2) is 9.18 Å². The standard InChI is InChI=1S/C19H12FNO3S/c20-12-5-6-17-14(7-12)11(10-25-17)8-21-16-4-2-1-3-13(16)15(9-22)18(21)19(23)24/h1-7,9-10H,8H2,(H,23,24). The Kier molecular flexibility index (Phi) is 3.62. The molecule has 0 saturated carbocycles. The number of carbonyl (C=O) groups is 2. The molecule has 2 heterocycles. The van der Waals surface area contributed by atoms with Crippen LogP contribution in [0.3, 0.4) is 0 Å². The van der Waals surface area contributed by atoms with Gasteiger partial charge in [-0.3, -0.25) is 4.79 Å². The third-order valence-corrected chi connectivity index (χ3v) is 5.29. The van der Waals surface area contributed by atoms with Gasteiger partial charge < -0.3 is 9.67 Å². The molecule has 0 spiro atoms. The van der Waals surface area contributed by atoms with Crippen LogP contribution in [0.25, 0.3) is 21.0 Å². The van der Waals surface area contributed by atoms with E-state index in [1.807, 2.05) is 5.38 Å². The van der Waals surface area contributed by atoms with Crippen LogP contribution in [0.2, 0.25) is 0 Å². The zero-order chi connectivity index (χ0) is 17.6. The average molecular weight is 353 g/mol. The topological polar surface area (TPSA) is 59.3 Å². The maximum atomic E-state index is 13.6. The van der Waals surface area contributed by atoms with Crippen molar-refractivity contribution in [3.8, 4) is 0 Å². The molecule has 0 aliphatic carbocycles. The Morgan fingerprint density at radius 3 is 2.76 bits per heavy atom. The summed E-state index contributed by atoms with van der Waals surface area (Å²) in [6.45, 7) is 0.249. The second-order valence-electron chi connectivity index (χ2n) is 5.69. The lowest BCUT2D eigenvalue weighted by Gasteiger charge is -2.08. The molecule has 1 N–H and O–H groups in total. The molecule has 25 heavy (non-hydrogen) atoms. The highest BCUT2D eigenvalue weighted by Gasteiger charge is 2.22. The summed E-state index contributed by atoms with van der Waals surface area (Å²) in [4.78, 5) is 23.3. The summed E-state index contributed by atoms with van der Waals surface area (Å²) in [5, 5.41) is 12.9. The summed E-state index contributed by atoms with van der Waals surface area (Å²) >= 11 is 1.48. The number of benzene rings is 2. The molecule has 0 amide bonds. The monoisotopic (exact) mass is 353 g/mol. The molecular formula is C19H12FNO3S. The Balaban J connectivity index is 1.97. The van der Waals surface area contributed by atoms with Crippen molar-refractivity contribution in [1.82, 2.24) is 4.57 Å². The number of rotatable bonds is 4. The third-order valence-electron chi connectivity index (χ3n) is 4.27. The number of carbonyl (C=O) groups excluding carboxylic acids is 1. The first-order valence-corrected chi connectivity index (χ1v) is 8.43. The van der Waals surface area contributed by atoms with Crippen LogP contribution in [0.4, 0.5) is 4.39 Å². The summed E-state index contributed by atoms with van der Waals surface area (Å²) in [5.41, 5.74) is 1.60. The van der Waals surface area contributed by atoms with E-state index < -0.39 is 5.97 Å². The van der Waals surface area contributed by atoms with E-state index in [0.717, 1.165) is 15.6 Å². The van der Waals surface area contributed by atoms with Crippen LogP contribution >= 0.6 is 11.3 Å². The molecule has 2 aromatic carbocycles. The molecular weight excluding hydrogens is 341 g/mol. The number of aromatic nitrogens is 1. The number of aldehydes is 1. The zero-order valence-electron chi connectivity index (χ0n) is 12.9. The molecule has 0 aliphatic heterocycles. The van der Waals surface area contributed by atoms with E-state index in [-0.39, 0.29) is 23.6 Å². The Morgan fingerprint density at radius 1 is 1.20 bits per heavy atom. The van der Waals surface area contributed by atoms with Crippen molar-refractivity contribution < 1.29 is 19.1 Å². The number of carboxylic acid groups (broad SMARTS) is 1. The van der Waals surface area contributed by atoms with Crippen LogP contribution in [-0.2, 0) is 6.54 Å². The molecule has 0 bridgehead atoms. The van der Waals surface area contributed by atoms with E-state index in [9.17, 15) is 19.1 Å². The molecule has 4 rings (SSSR count). The van der Waals surface area contributed by atoms with Crippen molar-refractivity contribution >= 4 is 44.6 Å². The molecule has 0 radical (unpaired) electrons. The molecule has 0 unspecified atom stereocenters. The largest absolute Gasteiger partial charge is 0.477 e. The SMILES string of the molecule is O=Cc1c(C(=O)O)n(Cc2csc3ccc(F)cc23)c2ccccc12. The number of hydrogen-bond donors (Lipinski definition) is 1. The second-order valence-corrected chi connectivity index (χ2v) is 6.60. The van der Waals surface area contributed by atoms with Gasteiger partial charge in [0.15, 0.2) is 6.29 Å². The van der Waals surface area contributed by atoms with Crippen molar-refractivity contribution in [2.75, 3.05) is 0 Å². The van der Waals surface area contributed by atoms with Crippen LogP contribution < -0.4 is 0 Å². The number of thiophene rings is 1. The van der Waals surface area contributed by atoms with Crippen LogP contribution in [0, 0.1) is 5.82 Å². The molecule has 124 valence electrons. The molecule has 0 atom stereocenters.